The van der Waals surface area contributed by atoms with Gasteiger partial charge in [-0.2, -0.15) is 0 Å². The first-order chi connectivity index (χ1) is 12.1. The summed E-state index contributed by atoms with van der Waals surface area (Å²) in [6.45, 7) is 1.83. The molecule has 0 saturated carbocycles. The van der Waals surface area contributed by atoms with Gasteiger partial charge < -0.3 is 10.0 Å². The van der Waals surface area contributed by atoms with Crippen molar-refractivity contribution in [3.8, 4) is 0 Å². The summed E-state index contributed by atoms with van der Waals surface area (Å²) < 4.78 is 3.24. The summed E-state index contributed by atoms with van der Waals surface area (Å²) in [7, 11) is 0. The van der Waals surface area contributed by atoms with Crippen LogP contribution in [0.3, 0.4) is 0 Å². The van der Waals surface area contributed by atoms with E-state index in [4.69, 9.17) is 5.11 Å². The lowest BCUT2D eigenvalue weighted by Gasteiger charge is -2.32. The highest BCUT2D eigenvalue weighted by Gasteiger charge is 2.27. The fraction of sp³-hybridized carbons (Fsp3) is 0.400. The summed E-state index contributed by atoms with van der Waals surface area (Å²) in [6, 6.07) is 0. The van der Waals surface area contributed by atoms with Crippen molar-refractivity contribution >= 4 is 17.5 Å². The van der Waals surface area contributed by atoms with E-state index in [1.807, 2.05) is 4.90 Å². The summed E-state index contributed by atoms with van der Waals surface area (Å²) >= 11 is 0. The second kappa shape index (κ2) is 6.04. The van der Waals surface area contributed by atoms with Crippen molar-refractivity contribution in [3.63, 3.8) is 0 Å². The molecule has 0 bridgehead atoms. The highest BCUT2D eigenvalue weighted by Crippen LogP contribution is 2.21. The quantitative estimate of drug-likeness (QED) is 0.711. The average molecular weight is 343 g/mol. The Bertz CT molecular complexity index is 925. The molecule has 1 amide bonds. The van der Waals surface area contributed by atoms with Crippen LogP contribution >= 0.6 is 0 Å². The predicted octanol–water partition coefficient (Wildman–Crippen LogP) is 0.504. The molecule has 0 radical (unpaired) electrons. The van der Waals surface area contributed by atoms with Gasteiger partial charge in [0.05, 0.1) is 6.20 Å². The van der Waals surface area contributed by atoms with E-state index in [0.717, 1.165) is 12.8 Å². The zero-order chi connectivity index (χ0) is 17.4. The molecule has 130 valence electrons. The summed E-state index contributed by atoms with van der Waals surface area (Å²) in [5.41, 5.74) is 1.10. The zero-order valence-electron chi connectivity index (χ0n) is 13.4. The van der Waals surface area contributed by atoms with Gasteiger partial charge in [0.2, 0.25) is 0 Å². The van der Waals surface area contributed by atoms with Gasteiger partial charge in [-0.15, -0.1) is 5.10 Å². The van der Waals surface area contributed by atoms with E-state index in [-0.39, 0.29) is 17.5 Å². The molecule has 1 atom stereocenters. The number of fused-ring (bicyclic) bond motifs is 1. The number of aromatic nitrogens is 6. The first kappa shape index (κ1) is 15.4. The maximum atomic E-state index is 12.8. The predicted molar refractivity (Wildman–Crippen MR) is 85.2 cm³/mol. The molecule has 1 aliphatic rings. The minimum atomic E-state index is -1.09. The highest BCUT2D eigenvalue weighted by atomic mass is 16.4. The van der Waals surface area contributed by atoms with Crippen LogP contribution in [0.1, 0.15) is 33.7 Å². The molecule has 3 aromatic heterocycles. The number of aromatic carboxylic acids is 1. The molecule has 4 rings (SSSR count). The van der Waals surface area contributed by atoms with Crippen LogP contribution in [-0.4, -0.2) is 64.6 Å². The number of carboxylic acids is 1. The summed E-state index contributed by atoms with van der Waals surface area (Å²) in [5, 5.41) is 19.4. The molecule has 25 heavy (non-hydrogen) atoms. The normalized spacial score (nSPS) is 17.9. The largest absolute Gasteiger partial charge is 0.476 e. The van der Waals surface area contributed by atoms with E-state index >= 15 is 0 Å². The standard InChI is InChI=1S/C15H17N7O3/c23-14(11-6-17-22-5-3-16-13(11)22)20-4-1-2-10(7-20)8-21-9-12(15(24)25)18-19-21/h3,5-6,9-10,17H,1-2,4,7-8H2,(H,24,25)/t10-/m1/s1. The number of hydrogen-bond donors (Lipinski definition) is 2. The minimum absolute atomic E-state index is 0.0491. The van der Waals surface area contributed by atoms with E-state index in [1.165, 1.54) is 10.9 Å². The van der Waals surface area contributed by atoms with Crippen molar-refractivity contribution in [2.24, 2.45) is 5.92 Å². The number of carbonyl (C=O) groups excluding carboxylic acids is 1. The molecule has 10 nitrogen and oxygen atoms in total. The number of imidazole rings is 1. The molecule has 1 aliphatic heterocycles. The van der Waals surface area contributed by atoms with Crippen molar-refractivity contribution in [3.05, 3.63) is 36.0 Å². The third kappa shape index (κ3) is 2.86. The molecule has 0 unspecified atom stereocenters. The molecular weight excluding hydrogens is 326 g/mol. The number of carboxylic acid groups (broad SMARTS) is 1. The van der Waals surface area contributed by atoms with Crippen molar-refractivity contribution in [2.45, 2.75) is 19.4 Å². The van der Waals surface area contributed by atoms with Gasteiger partial charge in [-0.05, 0) is 18.8 Å². The number of piperidine rings is 1. The summed E-state index contributed by atoms with van der Waals surface area (Å²) in [6.07, 6.45) is 8.35. The van der Waals surface area contributed by atoms with Gasteiger partial charge in [-0.1, -0.05) is 5.21 Å². The molecule has 1 saturated heterocycles. The van der Waals surface area contributed by atoms with Gasteiger partial charge >= 0.3 is 5.97 Å². The van der Waals surface area contributed by atoms with Crippen molar-refractivity contribution < 1.29 is 14.7 Å². The van der Waals surface area contributed by atoms with Gasteiger partial charge in [0, 0.05) is 38.2 Å². The number of H-pyrrole nitrogens is 1. The Morgan fingerprint density at radius 2 is 2.28 bits per heavy atom. The minimum Gasteiger partial charge on any atom is -0.476 e. The maximum Gasteiger partial charge on any atom is 0.358 e. The van der Waals surface area contributed by atoms with Crippen LogP contribution in [0, 0.1) is 5.92 Å². The zero-order valence-corrected chi connectivity index (χ0v) is 13.4. The lowest BCUT2D eigenvalue weighted by Crippen LogP contribution is -2.41. The van der Waals surface area contributed by atoms with Gasteiger partial charge in [0.15, 0.2) is 11.3 Å². The molecule has 0 aromatic carbocycles. The Labute approximate surface area is 142 Å². The molecule has 0 aliphatic carbocycles. The fourth-order valence-corrected chi connectivity index (χ4v) is 3.28. The monoisotopic (exact) mass is 343 g/mol. The third-order valence-electron chi connectivity index (χ3n) is 4.47. The van der Waals surface area contributed by atoms with Crippen molar-refractivity contribution in [1.29, 1.82) is 0 Å². The SMILES string of the molecule is O=C(O)c1cn(C[C@@H]2CCCN(C(=O)c3c[nH]n4ccnc34)C2)nn1. The van der Waals surface area contributed by atoms with Crippen LogP contribution in [0.4, 0.5) is 0 Å². The summed E-state index contributed by atoms with van der Waals surface area (Å²) in [4.78, 5) is 29.7. The molecule has 10 heteroatoms. The van der Waals surface area contributed by atoms with E-state index in [2.05, 4.69) is 20.4 Å². The van der Waals surface area contributed by atoms with Crippen LogP contribution in [0.15, 0.2) is 24.8 Å². The second-order valence-electron chi connectivity index (χ2n) is 6.20. The molecule has 1 fully saturated rings. The molecule has 4 heterocycles. The Balaban J connectivity index is 1.46. The fourth-order valence-electron chi connectivity index (χ4n) is 3.28. The van der Waals surface area contributed by atoms with Crippen LogP contribution in [0.2, 0.25) is 0 Å². The highest BCUT2D eigenvalue weighted by molar-refractivity contribution is 5.99. The number of rotatable bonds is 4. The van der Waals surface area contributed by atoms with Crippen LogP contribution in [-0.2, 0) is 6.54 Å². The van der Waals surface area contributed by atoms with Crippen LogP contribution in [0.25, 0.3) is 5.65 Å². The number of likely N-dealkylation sites (tertiary alicyclic amines) is 1. The van der Waals surface area contributed by atoms with E-state index in [9.17, 15) is 9.59 Å². The molecule has 0 spiro atoms. The Kier molecular flexibility index (Phi) is 3.71. The number of nitrogens with zero attached hydrogens (tertiary/aromatic N) is 6. The smallest absolute Gasteiger partial charge is 0.358 e. The van der Waals surface area contributed by atoms with E-state index in [1.54, 1.807) is 23.1 Å². The molecule has 3 aromatic rings. The molecular formula is C15H17N7O3. The van der Waals surface area contributed by atoms with Gasteiger partial charge in [-0.3, -0.25) is 14.6 Å². The number of carbonyl (C=O) groups is 2. The first-order valence-electron chi connectivity index (χ1n) is 8.05. The topological polar surface area (TPSA) is 121 Å². The second-order valence-corrected chi connectivity index (χ2v) is 6.20. The van der Waals surface area contributed by atoms with Crippen molar-refractivity contribution in [1.82, 2.24) is 34.5 Å². The van der Waals surface area contributed by atoms with Crippen molar-refractivity contribution in [2.75, 3.05) is 13.1 Å². The number of hydrogen-bond acceptors (Lipinski definition) is 5. The third-order valence-corrected chi connectivity index (χ3v) is 4.47. The Morgan fingerprint density at radius 3 is 3.08 bits per heavy atom. The maximum absolute atomic E-state index is 12.8. The van der Waals surface area contributed by atoms with Crippen LogP contribution in [0.5, 0.6) is 0 Å². The van der Waals surface area contributed by atoms with E-state index in [0.29, 0.717) is 30.8 Å². The van der Waals surface area contributed by atoms with Crippen LogP contribution < -0.4 is 0 Å². The number of aromatic amines is 1. The van der Waals surface area contributed by atoms with Gasteiger partial charge in [-0.25, -0.2) is 14.3 Å². The van der Waals surface area contributed by atoms with Gasteiger partial charge in [0.25, 0.3) is 5.91 Å². The Hall–Kier alpha value is -3.17. The molecule has 2 N–H and O–H groups in total. The average Bonchev–Trinajstić information content (AvgIpc) is 3.31. The van der Waals surface area contributed by atoms with Gasteiger partial charge in [0.1, 0.15) is 5.56 Å². The number of amides is 1. The first-order valence-corrected chi connectivity index (χ1v) is 8.05. The number of nitrogens with one attached hydrogen (secondary N) is 1. The Morgan fingerprint density at radius 1 is 1.40 bits per heavy atom. The van der Waals surface area contributed by atoms with E-state index < -0.39 is 5.97 Å². The lowest BCUT2D eigenvalue weighted by atomic mass is 9.97. The lowest BCUT2D eigenvalue weighted by molar-refractivity contribution is 0.0660. The summed E-state index contributed by atoms with van der Waals surface area (Å²) in [5.74, 6) is -0.939.